The van der Waals surface area contributed by atoms with Gasteiger partial charge in [-0.05, 0) is 62.6 Å². The normalized spacial score (nSPS) is 16.3. The molecule has 2 aliphatic rings. The average molecular weight is 534 g/mol. The monoisotopic (exact) mass is 533 g/mol. The lowest BCUT2D eigenvalue weighted by Crippen LogP contribution is -2.58. The van der Waals surface area contributed by atoms with Crippen LogP contribution in [0.3, 0.4) is 0 Å². The minimum absolute atomic E-state index is 0.0787. The van der Waals surface area contributed by atoms with E-state index >= 15 is 0 Å². The molecule has 1 aromatic carbocycles. The lowest BCUT2D eigenvalue weighted by atomic mass is 10.1. The van der Waals surface area contributed by atoms with Gasteiger partial charge in [0.2, 0.25) is 5.88 Å². The number of imidazole rings is 1. The zero-order valence-electron chi connectivity index (χ0n) is 21.4. The number of hydrogen-bond acceptors (Lipinski definition) is 7. The predicted octanol–water partition coefficient (Wildman–Crippen LogP) is 4.23. The molecule has 0 radical (unpaired) electrons. The molecule has 1 aliphatic carbocycles. The van der Waals surface area contributed by atoms with Crippen molar-refractivity contribution in [2.24, 2.45) is 0 Å². The Bertz CT molecular complexity index is 1530. The van der Waals surface area contributed by atoms with E-state index in [2.05, 4.69) is 27.2 Å². The van der Waals surface area contributed by atoms with Crippen molar-refractivity contribution in [3.8, 4) is 23.0 Å². The maximum absolute atomic E-state index is 11.7. The SMILES string of the molecule is CNC(=O)N1CC(Oc2ccc(-c3nc4c(OC5(C)CC5)ncnc4n3Cc3cc(C)ccn3)c(Cl)c2)C1. The van der Waals surface area contributed by atoms with Crippen molar-refractivity contribution in [3.05, 3.63) is 59.1 Å². The molecule has 196 valence electrons. The smallest absolute Gasteiger partial charge is 0.317 e. The summed E-state index contributed by atoms with van der Waals surface area (Å²) in [5, 5.41) is 3.11. The Labute approximate surface area is 225 Å². The first-order chi connectivity index (χ1) is 18.3. The molecular formula is C27H28ClN7O3. The molecule has 6 rings (SSSR count). The van der Waals surface area contributed by atoms with Gasteiger partial charge in [-0.3, -0.25) is 4.98 Å². The standard InChI is InChI=1S/C27H28ClN7O3/c1-16-6-9-30-17(10-16)12-35-23(33-22-24(35)31-15-32-25(22)38-27(2)7-8-27)20-5-4-18(11-21(20)28)37-19-13-34(14-19)26(36)29-3/h4-6,9-11,15,19H,7-8,12-14H2,1-3H3,(H,29,36). The molecule has 11 heteroatoms. The van der Waals surface area contributed by atoms with Crippen molar-refractivity contribution in [1.82, 2.24) is 34.7 Å². The number of halogens is 1. The van der Waals surface area contributed by atoms with E-state index in [9.17, 15) is 4.79 Å². The Hall–Kier alpha value is -3.92. The highest BCUT2D eigenvalue weighted by molar-refractivity contribution is 6.33. The first-order valence-corrected chi connectivity index (χ1v) is 12.9. The van der Waals surface area contributed by atoms with Gasteiger partial charge in [-0.1, -0.05) is 11.6 Å². The molecule has 2 amide bonds. The van der Waals surface area contributed by atoms with E-state index in [0.717, 1.165) is 29.7 Å². The molecule has 4 heterocycles. The largest absolute Gasteiger partial charge is 0.487 e. The Morgan fingerprint density at radius 3 is 2.71 bits per heavy atom. The van der Waals surface area contributed by atoms with E-state index in [1.54, 1.807) is 24.2 Å². The van der Waals surface area contributed by atoms with Crippen molar-refractivity contribution >= 4 is 28.8 Å². The maximum atomic E-state index is 11.7. The molecule has 38 heavy (non-hydrogen) atoms. The quantitative estimate of drug-likeness (QED) is 0.379. The van der Waals surface area contributed by atoms with Gasteiger partial charge in [0.05, 0.1) is 30.4 Å². The Balaban J connectivity index is 1.35. The van der Waals surface area contributed by atoms with Crippen molar-refractivity contribution in [1.29, 1.82) is 0 Å². The van der Waals surface area contributed by atoms with E-state index in [0.29, 0.717) is 53.3 Å². The number of pyridine rings is 1. The number of hydrogen-bond donors (Lipinski definition) is 1. The summed E-state index contributed by atoms with van der Waals surface area (Å²) < 4.78 is 14.3. The number of rotatable bonds is 7. The van der Waals surface area contributed by atoms with Crippen LogP contribution in [-0.4, -0.2) is 67.3 Å². The Kier molecular flexibility index (Phi) is 6.06. The highest BCUT2D eigenvalue weighted by Crippen LogP contribution is 2.41. The van der Waals surface area contributed by atoms with Gasteiger partial charge < -0.3 is 24.3 Å². The fourth-order valence-corrected chi connectivity index (χ4v) is 4.74. The van der Waals surface area contributed by atoms with Crippen LogP contribution in [0.25, 0.3) is 22.6 Å². The van der Waals surface area contributed by atoms with Gasteiger partial charge >= 0.3 is 6.03 Å². The molecule has 0 bridgehead atoms. The molecule has 1 saturated carbocycles. The summed E-state index contributed by atoms with van der Waals surface area (Å²) >= 11 is 6.80. The summed E-state index contributed by atoms with van der Waals surface area (Å²) in [5.74, 6) is 1.74. The first-order valence-electron chi connectivity index (χ1n) is 12.6. The number of ether oxygens (including phenoxy) is 2. The third-order valence-electron chi connectivity index (χ3n) is 6.92. The molecule has 2 fully saturated rings. The van der Waals surface area contributed by atoms with Crippen LogP contribution in [0.2, 0.25) is 5.02 Å². The van der Waals surface area contributed by atoms with Crippen LogP contribution >= 0.6 is 11.6 Å². The highest BCUT2D eigenvalue weighted by atomic mass is 35.5. The van der Waals surface area contributed by atoms with Gasteiger partial charge in [0.15, 0.2) is 11.2 Å². The first kappa shape index (κ1) is 24.4. The molecule has 1 saturated heterocycles. The number of carbonyl (C=O) groups excluding carboxylic acids is 1. The maximum Gasteiger partial charge on any atom is 0.317 e. The van der Waals surface area contributed by atoms with Crippen LogP contribution in [0.1, 0.15) is 31.0 Å². The lowest BCUT2D eigenvalue weighted by Gasteiger charge is -2.38. The van der Waals surface area contributed by atoms with Gasteiger partial charge in [-0.2, -0.15) is 4.98 Å². The topological polar surface area (TPSA) is 107 Å². The predicted molar refractivity (Wildman–Crippen MR) is 143 cm³/mol. The molecule has 3 aromatic heterocycles. The lowest BCUT2D eigenvalue weighted by molar-refractivity contribution is 0.0452. The molecule has 1 aliphatic heterocycles. The number of carbonyl (C=O) groups is 1. The second-order valence-corrected chi connectivity index (χ2v) is 10.5. The minimum atomic E-state index is -0.213. The number of likely N-dealkylation sites (tertiary alicyclic amines) is 1. The third kappa shape index (κ3) is 4.71. The summed E-state index contributed by atoms with van der Waals surface area (Å²) in [7, 11) is 1.62. The number of amides is 2. The van der Waals surface area contributed by atoms with E-state index in [-0.39, 0.29) is 17.7 Å². The minimum Gasteiger partial charge on any atom is -0.487 e. The highest BCUT2D eigenvalue weighted by Gasteiger charge is 2.41. The van der Waals surface area contributed by atoms with Crippen LogP contribution < -0.4 is 14.8 Å². The summed E-state index contributed by atoms with van der Waals surface area (Å²) in [6.45, 7) is 5.61. The average Bonchev–Trinajstić information content (AvgIpc) is 3.49. The van der Waals surface area contributed by atoms with Crippen molar-refractivity contribution in [2.75, 3.05) is 20.1 Å². The Morgan fingerprint density at radius 1 is 1.18 bits per heavy atom. The van der Waals surface area contributed by atoms with E-state index < -0.39 is 0 Å². The third-order valence-corrected chi connectivity index (χ3v) is 7.23. The number of aryl methyl sites for hydroxylation is 1. The van der Waals surface area contributed by atoms with E-state index in [1.807, 2.05) is 35.8 Å². The van der Waals surface area contributed by atoms with Crippen molar-refractivity contribution in [3.63, 3.8) is 0 Å². The van der Waals surface area contributed by atoms with E-state index in [1.165, 1.54) is 6.33 Å². The Morgan fingerprint density at radius 2 is 2.00 bits per heavy atom. The van der Waals surface area contributed by atoms with Crippen LogP contribution in [0, 0.1) is 6.92 Å². The van der Waals surface area contributed by atoms with Gasteiger partial charge in [0.25, 0.3) is 0 Å². The summed E-state index contributed by atoms with van der Waals surface area (Å²) in [5.41, 5.74) is 3.75. The fourth-order valence-electron chi connectivity index (χ4n) is 4.48. The number of fused-ring (bicyclic) bond motifs is 1. The number of nitrogens with zero attached hydrogens (tertiary/aromatic N) is 6. The van der Waals surface area contributed by atoms with E-state index in [4.69, 9.17) is 26.1 Å². The molecule has 10 nitrogen and oxygen atoms in total. The second kappa shape index (κ2) is 9.43. The molecule has 0 atom stereocenters. The number of benzene rings is 1. The molecule has 4 aromatic rings. The van der Waals surface area contributed by atoms with Crippen LogP contribution in [0.4, 0.5) is 4.79 Å². The van der Waals surface area contributed by atoms with Gasteiger partial charge in [0, 0.05) is 18.8 Å². The molecule has 0 unspecified atom stereocenters. The number of urea groups is 1. The fraction of sp³-hybridized carbons (Fsp3) is 0.370. The summed E-state index contributed by atoms with van der Waals surface area (Å²) in [6.07, 6.45) is 5.19. The number of aromatic nitrogens is 5. The molecule has 1 N–H and O–H groups in total. The zero-order chi connectivity index (χ0) is 26.4. The van der Waals surface area contributed by atoms with Gasteiger partial charge in [-0.25, -0.2) is 14.8 Å². The van der Waals surface area contributed by atoms with Crippen LogP contribution in [-0.2, 0) is 6.54 Å². The van der Waals surface area contributed by atoms with Gasteiger partial charge in [0.1, 0.15) is 29.6 Å². The van der Waals surface area contributed by atoms with Crippen molar-refractivity contribution < 1.29 is 14.3 Å². The summed E-state index contributed by atoms with van der Waals surface area (Å²) in [4.78, 5) is 31.9. The van der Waals surface area contributed by atoms with Crippen molar-refractivity contribution in [2.45, 2.75) is 44.9 Å². The summed E-state index contributed by atoms with van der Waals surface area (Å²) in [6, 6.07) is 9.44. The van der Waals surface area contributed by atoms with Crippen LogP contribution in [0.5, 0.6) is 11.6 Å². The molecule has 0 spiro atoms. The van der Waals surface area contributed by atoms with Gasteiger partial charge in [-0.15, -0.1) is 0 Å². The number of nitrogens with one attached hydrogen (secondary N) is 1. The second-order valence-electron chi connectivity index (χ2n) is 10.1. The molecular weight excluding hydrogens is 506 g/mol. The van der Waals surface area contributed by atoms with Crippen LogP contribution in [0.15, 0.2) is 42.9 Å². The zero-order valence-corrected chi connectivity index (χ0v) is 22.2.